The predicted molar refractivity (Wildman–Crippen MR) is 56.6 cm³/mol. The lowest BCUT2D eigenvalue weighted by Gasteiger charge is -2.15. The number of rotatable bonds is 1. The molecule has 0 unspecified atom stereocenters. The first-order chi connectivity index (χ1) is 6.41. The highest BCUT2D eigenvalue weighted by atomic mass is 79.9. The summed E-state index contributed by atoms with van der Waals surface area (Å²) in [6.45, 7) is 5.09. The summed E-state index contributed by atoms with van der Waals surface area (Å²) >= 11 is 3.40. The molecule has 0 amide bonds. The summed E-state index contributed by atoms with van der Waals surface area (Å²) in [6, 6.07) is 1.69. The molecule has 0 saturated heterocycles. The molecule has 14 heavy (non-hydrogen) atoms. The third kappa shape index (κ3) is 1.38. The van der Waals surface area contributed by atoms with Crippen LogP contribution in [0.25, 0.3) is 0 Å². The van der Waals surface area contributed by atoms with Crippen molar-refractivity contribution in [2.45, 2.75) is 26.8 Å². The molecule has 0 spiro atoms. The van der Waals surface area contributed by atoms with Gasteiger partial charge in [0.25, 0.3) is 0 Å². The van der Waals surface area contributed by atoms with Crippen molar-refractivity contribution in [1.82, 2.24) is 4.57 Å². The first-order valence-corrected chi connectivity index (χ1v) is 5.31. The molecule has 0 radical (unpaired) electrons. The van der Waals surface area contributed by atoms with Crippen LogP contribution in [0.2, 0.25) is 0 Å². The molecule has 0 saturated carbocycles. The number of hydrogen-bond donors (Lipinski definition) is 1. The van der Waals surface area contributed by atoms with Crippen LogP contribution in [0.15, 0.2) is 10.5 Å². The van der Waals surface area contributed by atoms with Crippen molar-refractivity contribution in [2.75, 3.05) is 0 Å². The second kappa shape index (κ2) is 2.86. The summed E-state index contributed by atoms with van der Waals surface area (Å²) in [7, 11) is 0. The van der Waals surface area contributed by atoms with Gasteiger partial charge < -0.3 is 9.67 Å². The van der Waals surface area contributed by atoms with E-state index in [1.807, 2.05) is 4.57 Å². The van der Waals surface area contributed by atoms with Gasteiger partial charge in [-0.2, -0.15) is 0 Å². The van der Waals surface area contributed by atoms with Crippen LogP contribution in [-0.2, 0) is 13.0 Å². The summed E-state index contributed by atoms with van der Waals surface area (Å²) in [5.41, 5.74) is 1.66. The van der Waals surface area contributed by atoms with Crippen molar-refractivity contribution in [3.05, 3.63) is 21.9 Å². The fourth-order valence-corrected chi connectivity index (χ4v) is 2.60. The zero-order valence-electron chi connectivity index (χ0n) is 8.17. The SMILES string of the molecule is CC1(C)Cc2c(Br)cc(C(=O)O)n2C1. The number of carboxylic acid groups (broad SMARTS) is 1. The third-order valence-electron chi connectivity index (χ3n) is 2.61. The van der Waals surface area contributed by atoms with Crippen molar-refractivity contribution in [3.8, 4) is 0 Å². The zero-order valence-corrected chi connectivity index (χ0v) is 9.76. The first-order valence-electron chi connectivity index (χ1n) is 4.52. The zero-order chi connectivity index (χ0) is 10.5. The third-order valence-corrected chi connectivity index (χ3v) is 3.29. The molecular formula is C10H12BrNO2. The Morgan fingerprint density at radius 3 is 2.86 bits per heavy atom. The van der Waals surface area contributed by atoms with E-state index in [9.17, 15) is 4.79 Å². The maximum Gasteiger partial charge on any atom is 0.352 e. The van der Waals surface area contributed by atoms with E-state index in [2.05, 4.69) is 29.8 Å². The predicted octanol–water partition coefficient (Wildman–Crippen LogP) is 2.53. The van der Waals surface area contributed by atoms with Crippen LogP contribution >= 0.6 is 15.9 Å². The number of aromatic nitrogens is 1. The lowest BCUT2D eigenvalue weighted by molar-refractivity contribution is 0.0684. The average molecular weight is 258 g/mol. The highest BCUT2D eigenvalue weighted by Gasteiger charge is 2.33. The summed E-state index contributed by atoms with van der Waals surface area (Å²) in [5.74, 6) is -0.852. The summed E-state index contributed by atoms with van der Waals surface area (Å²) in [6.07, 6.45) is 0.931. The van der Waals surface area contributed by atoms with E-state index in [0.717, 1.165) is 23.1 Å². The smallest absolute Gasteiger partial charge is 0.352 e. The molecule has 0 aliphatic carbocycles. The molecule has 4 heteroatoms. The van der Waals surface area contributed by atoms with E-state index in [-0.39, 0.29) is 5.41 Å². The van der Waals surface area contributed by atoms with Crippen LogP contribution in [-0.4, -0.2) is 15.6 Å². The molecule has 2 rings (SSSR count). The van der Waals surface area contributed by atoms with Crippen molar-refractivity contribution < 1.29 is 9.90 Å². The van der Waals surface area contributed by atoms with Gasteiger partial charge in [-0.15, -0.1) is 0 Å². The number of halogens is 1. The molecule has 0 aromatic carbocycles. The molecular weight excluding hydrogens is 246 g/mol. The molecule has 1 aromatic rings. The Kier molecular flexibility index (Phi) is 2.00. The number of carboxylic acids is 1. The average Bonchev–Trinajstić information content (AvgIpc) is 2.47. The fraction of sp³-hybridized carbons (Fsp3) is 0.500. The maximum atomic E-state index is 10.9. The Bertz CT molecular complexity index is 406. The molecule has 76 valence electrons. The minimum absolute atomic E-state index is 0.170. The Labute approximate surface area is 90.9 Å². The summed E-state index contributed by atoms with van der Waals surface area (Å²) in [5, 5.41) is 8.99. The Morgan fingerprint density at radius 2 is 2.29 bits per heavy atom. The Hall–Kier alpha value is -0.770. The fourth-order valence-electron chi connectivity index (χ4n) is 2.03. The second-order valence-electron chi connectivity index (χ2n) is 4.56. The lowest BCUT2D eigenvalue weighted by atomic mass is 9.91. The van der Waals surface area contributed by atoms with Gasteiger partial charge in [-0.1, -0.05) is 13.8 Å². The Morgan fingerprint density at radius 1 is 1.64 bits per heavy atom. The molecule has 2 heterocycles. The maximum absolute atomic E-state index is 10.9. The number of aromatic carboxylic acids is 1. The van der Waals surface area contributed by atoms with Crippen molar-refractivity contribution in [1.29, 1.82) is 0 Å². The summed E-state index contributed by atoms with van der Waals surface area (Å²) in [4.78, 5) is 10.9. The second-order valence-corrected chi connectivity index (χ2v) is 5.41. The molecule has 1 N–H and O–H groups in total. The van der Waals surface area contributed by atoms with E-state index < -0.39 is 5.97 Å². The first kappa shape index (κ1) is 9.77. The molecule has 1 aliphatic heterocycles. The Balaban J connectivity index is 2.52. The van der Waals surface area contributed by atoms with E-state index in [1.54, 1.807) is 6.07 Å². The van der Waals surface area contributed by atoms with Crippen LogP contribution in [0.1, 0.15) is 30.0 Å². The lowest BCUT2D eigenvalue weighted by Crippen LogP contribution is -2.15. The topological polar surface area (TPSA) is 42.2 Å². The number of fused-ring (bicyclic) bond motifs is 1. The molecule has 0 fully saturated rings. The summed E-state index contributed by atoms with van der Waals surface area (Å²) < 4.78 is 2.81. The molecule has 0 bridgehead atoms. The van der Waals surface area contributed by atoms with Crippen LogP contribution in [0, 0.1) is 5.41 Å². The highest BCUT2D eigenvalue weighted by molar-refractivity contribution is 9.10. The van der Waals surface area contributed by atoms with Gasteiger partial charge in [0.2, 0.25) is 0 Å². The molecule has 3 nitrogen and oxygen atoms in total. The monoisotopic (exact) mass is 257 g/mol. The number of nitrogens with zero attached hydrogens (tertiary/aromatic N) is 1. The largest absolute Gasteiger partial charge is 0.477 e. The van der Waals surface area contributed by atoms with Crippen molar-refractivity contribution in [2.24, 2.45) is 5.41 Å². The van der Waals surface area contributed by atoms with Crippen LogP contribution in [0.5, 0.6) is 0 Å². The van der Waals surface area contributed by atoms with Crippen molar-refractivity contribution in [3.63, 3.8) is 0 Å². The van der Waals surface area contributed by atoms with E-state index in [4.69, 9.17) is 5.11 Å². The van der Waals surface area contributed by atoms with Gasteiger partial charge in [0, 0.05) is 16.7 Å². The molecule has 1 aliphatic rings. The van der Waals surface area contributed by atoms with Crippen molar-refractivity contribution >= 4 is 21.9 Å². The van der Waals surface area contributed by atoms with Gasteiger partial charge in [0.15, 0.2) is 0 Å². The van der Waals surface area contributed by atoms with Crippen LogP contribution in [0.3, 0.4) is 0 Å². The minimum atomic E-state index is -0.852. The van der Waals surface area contributed by atoms with Gasteiger partial charge in [-0.3, -0.25) is 0 Å². The highest BCUT2D eigenvalue weighted by Crippen LogP contribution is 2.37. The van der Waals surface area contributed by atoms with Gasteiger partial charge in [0.1, 0.15) is 5.69 Å². The van der Waals surface area contributed by atoms with E-state index in [1.165, 1.54) is 0 Å². The van der Waals surface area contributed by atoms with E-state index >= 15 is 0 Å². The van der Waals surface area contributed by atoms with Gasteiger partial charge in [-0.05, 0) is 33.8 Å². The number of hydrogen-bond acceptors (Lipinski definition) is 1. The standard InChI is InChI=1S/C10H12BrNO2/c1-10(2)4-8-6(11)3-7(9(13)14)12(8)5-10/h3H,4-5H2,1-2H3,(H,13,14). The van der Waals surface area contributed by atoms with Crippen LogP contribution < -0.4 is 0 Å². The number of carbonyl (C=O) groups is 1. The van der Waals surface area contributed by atoms with Crippen LogP contribution in [0.4, 0.5) is 0 Å². The molecule has 1 aromatic heterocycles. The minimum Gasteiger partial charge on any atom is -0.477 e. The van der Waals surface area contributed by atoms with Gasteiger partial charge in [-0.25, -0.2) is 4.79 Å². The van der Waals surface area contributed by atoms with E-state index in [0.29, 0.717) is 5.69 Å². The molecule has 0 atom stereocenters. The normalized spacial score (nSPS) is 18.2. The van der Waals surface area contributed by atoms with Gasteiger partial charge >= 0.3 is 5.97 Å². The van der Waals surface area contributed by atoms with Gasteiger partial charge in [0.05, 0.1) is 0 Å². The quantitative estimate of drug-likeness (QED) is 0.841.